The second-order valence-electron chi connectivity index (χ2n) is 7.88. The van der Waals surface area contributed by atoms with Crippen LogP contribution in [0.15, 0.2) is 60.0 Å². The van der Waals surface area contributed by atoms with Gasteiger partial charge in [-0.1, -0.05) is 48.5 Å². The molecule has 2 N–H and O–H groups in total. The van der Waals surface area contributed by atoms with Crippen molar-refractivity contribution >= 4 is 28.0 Å². The van der Waals surface area contributed by atoms with Crippen LogP contribution in [-0.4, -0.2) is 31.7 Å². The Kier molecular flexibility index (Phi) is 6.60. The lowest BCUT2D eigenvalue weighted by Gasteiger charge is -2.23. The van der Waals surface area contributed by atoms with Crippen LogP contribution in [0.25, 0.3) is 10.8 Å². The van der Waals surface area contributed by atoms with Gasteiger partial charge in [0.15, 0.2) is 6.54 Å². The number of nitrogens with one attached hydrogen (secondary N) is 2. The summed E-state index contributed by atoms with van der Waals surface area (Å²) >= 11 is 1.76. The summed E-state index contributed by atoms with van der Waals surface area (Å²) in [5.74, 6) is 0.0926. The lowest BCUT2D eigenvalue weighted by molar-refractivity contribution is -0.908. The average molecular weight is 410 g/mol. The maximum Gasteiger partial charge on any atom is 0.275 e. The van der Waals surface area contributed by atoms with Crippen molar-refractivity contribution in [2.45, 2.75) is 38.5 Å². The van der Waals surface area contributed by atoms with E-state index in [4.69, 9.17) is 4.74 Å². The summed E-state index contributed by atoms with van der Waals surface area (Å²) in [4.78, 5) is 15.5. The smallest absolute Gasteiger partial charge is 0.275 e. The third-order valence-corrected chi connectivity index (χ3v) is 6.50. The molecule has 3 atom stereocenters. The van der Waals surface area contributed by atoms with Crippen LogP contribution in [0.4, 0.5) is 0 Å². The quantitative estimate of drug-likeness (QED) is 0.599. The van der Waals surface area contributed by atoms with E-state index in [1.807, 2.05) is 6.07 Å². The van der Waals surface area contributed by atoms with Crippen LogP contribution in [0.3, 0.4) is 0 Å². The molecule has 0 bridgehead atoms. The Morgan fingerprint density at radius 2 is 2.07 bits per heavy atom. The van der Waals surface area contributed by atoms with Gasteiger partial charge >= 0.3 is 0 Å². The summed E-state index contributed by atoms with van der Waals surface area (Å²) in [5, 5.41) is 7.73. The van der Waals surface area contributed by atoms with Gasteiger partial charge in [-0.3, -0.25) is 4.79 Å². The first kappa shape index (κ1) is 20.1. The number of fused-ring (bicyclic) bond motifs is 1. The highest BCUT2D eigenvalue weighted by Crippen LogP contribution is 2.23. The Hall–Kier alpha value is -2.21. The van der Waals surface area contributed by atoms with E-state index in [0.717, 1.165) is 38.1 Å². The van der Waals surface area contributed by atoms with Crippen LogP contribution in [0.5, 0.6) is 0 Å². The highest BCUT2D eigenvalue weighted by atomic mass is 32.1. The lowest BCUT2D eigenvalue weighted by Crippen LogP contribution is -3.13. The molecular formula is C24H29N2O2S+. The molecule has 2 aromatic carbocycles. The van der Waals surface area contributed by atoms with Gasteiger partial charge in [-0.15, -0.1) is 11.3 Å². The fourth-order valence-corrected chi connectivity index (χ4v) is 5.00. The van der Waals surface area contributed by atoms with E-state index in [1.165, 1.54) is 20.5 Å². The molecule has 1 aromatic heterocycles. The van der Waals surface area contributed by atoms with Crippen LogP contribution in [0.1, 0.15) is 36.2 Å². The van der Waals surface area contributed by atoms with Crippen LogP contribution in [0.2, 0.25) is 0 Å². The largest absolute Gasteiger partial charge is 0.372 e. The van der Waals surface area contributed by atoms with Crippen LogP contribution in [0, 0.1) is 0 Å². The predicted molar refractivity (Wildman–Crippen MR) is 118 cm³/mol. The Balaban J connectivity index is 1.42. The summed E-state index contributed by atoms with van der Waals surface area (Å²) in [6.45, 7) is 5.13. The van der Waals surface area contributed by atoms with E-state index in [9.17, 15) is 4.79 Å². The molecule has 0 spiro atoms. The van der Waals surface area contributed by atoms with Gasteiger partial charge in [0.2, 0.25) is 0 Å². The number of benzene rings is 2. The van der Waals surface area contributed by atoms with E-state index in [2.05, 4.69) is 66.2 Å². The van der Waals surface area contributed by atoms with Crippen molar-refractivity contribution < 1.29 is 14.4 Å². The van der Waals surface area contributed by atoms with E-state index in [-0.39, 0.29) is 18.1 Å². The predicted octanol–water partition coefficient (Wildman–Crippen LogP) is 3.34. The molecule has 5 heteroatoms. The molecule has 0 radical (unpaired) electrons. The standard InChI is InChI=1S/C24H28N2O2S/c1-18(22-12-4-8-19-7-2-3-11-23(19)22)25-24(27)17-26(15-20-9-5-13-28-20)16-21-10-6-14-29-21/h2-4,6-8,10-12,14,18,20H,5,9,13,15-17H2,1H3,(H,25,27)/p+1/t18-,20+/m1/s1. The average Bonchev–Trinajstić information content (AvgIpc) is 3.41. The van der Waals surface area contributed by atoms with E-state index >= 15 is 0 Å². The highest BCUT2D eigenvalue weighted by Gasteiger charge is 2.25. The molecule has 29 heavy (non-hydrogen) atoms. The molecule has 1 amide bonds. The second-order valence-corrected chi connectivity index (χ2v) is 8.91. The zero-order chi connectivity index (χ0) is 20.1. The van der Waals surface area contributed by atoms with Gasteiger partial charge in [-0.05, 0) is 47.5 Å². The van der Waals surface area contributed by atoms with E-state index in [1.54, 1.807) is 11.3 Å². The minimum atomic E-state index is -0.0284. The summed E-state index contributed by atoms with van der Waals surface area (Å²) in [5.41, 5.74) is 1.16. The number of carbonyl (C=O) groups is 1. The van der Waals surface area contributed by atoms with Gasteiger partial charge in [0.25, 0.3) is 5.91 Å². The molecule has 152 valence electrons. The first-order chi connectivity index (χ1) is 14.2. The number of rotatable bonds is 8. The summed E-state index contributed by atoms with van der Waals surface area (Å²) in [6.07, 6.45) is 2.50. The monoisotopic (exact) mass is 409 g/mol. The van der Waals surface area contributed by atoms with Gasteiger partial charge in [0.1, 0.15) is 19.2 Å². The van der Waals surface area contributed by atoms with Crippen molar-refractivity contribution in [2.24, 2.45) is 0 Å². The number of hydrogen-bond acceptors (Lipinski definition) is 3. The van der Waals surface area contributed by atoms with Gasteiger partial charge in [0, 0.05) is 6.61 Å². The van der Waals surface area contributed by atoms with Crippen LogP contribution >= 0.6 is 11.3 Å². The molecule has 4 nitrogen and oxygen atoms in total. The fraction of sp³-hybridized carbons (Fsp3) is 0.375. The molecule has 2 heterocycles. The summed E-state index contributed by atoms with van der Waals surface area (Å²) < 4.78 is 5.83. The number of amides is 1. The Morgan fingerprint density at radius 1 is 1.21 bits per heavy atom. The Labute approximate surface area is 176 Å². The van der Waals surface area contributed by atoms with Gasteiger partial charge in [-0.25, -0.2) is 0 Å². The third kappa shape index (κ3) is 5.24. The Morgan fingerprint density at radius 3 is 2.86 bits per heavy atom. The third-order valence-electron chi connectivity index (χ3n) is 5.62. The van der Waals surface area contributed by atoms with E-state index < -0.39 is 0 Å². The topological polar surface area (TPSA) is 42.8 Å². The van der Waals surface area contributed by atoms with Crippen LogP contribution < -0.4 is 10.2 Å². The molecule has 1 fully saturated rings. The molecule has 4 rings (SSSR count). The lowest BCUT2D eigenvalue weighted by atomic mass is 10.00. The zero-order valence-corrected chi connectivity index (χ0v) is 17.7. The zero-order valence-electron chi connectivity index (χ0n) is 16.9. The minimum absolute atomic E-state index is 0.0284. The van der Waals surface area contributed by atoms with Crippen molar-refractivity contribution in [1.82, 2.24) is 5.32 Å². The van der Waals surface area contributed by atoms with Crippen molar-refractivity contribution in [1.29, 1.82) is 0 Å². The first-order valence-corrected chi connectivity index (χ1v) is 11.3. The molecule has 0 saturated carbocycles. The van der Waals surface area contributed by atoms with Crippen molar-refractivity contribution in [3.05, 3.63) is 70.4 Å². The second kappa shape index (κ2) is 9.53. The highest BCUT2D eigenvalue weighted by molar-refractivity contribution is 7.09. The first-order valence-electron chi connectivity index (χ1n) is 10.4. The summed E-state index contributed by atoms with van der Waals surface area (Å²) in [6, 6.07) is 18.8. The number of quaternary nitrogens is 1. The maximum atomic E-state index is 12.9. The number of hydrogen-bond donors (Lipinski definition) is 2. The Bertz CT molecular complexity index is 930. The van der Waals surface area contributed by atoms with E-state index in [0.29, 0.717) is 6.54 Å². The molecule has 0 aliphatic carbocycles. The normalized spacial score (nSPS) is 18.6. The van der Waals surface area contributed by atoms with Crippen molar-refractivity contribution in [3.8, 4) is 0 Å². The van der Waals surface area contributed by atoms with Crippen molar-refractivity contribution in [3.63, 3.8) is 0 Å². The van der Waals surface area contributed by atoms with Gasteiger partial charge in [-0.2, -0.15) is 0 Å². The van der Waals surface area contributed by atoms with Crippen molar-refractivity contribution in [2.75, 3.05) is 19.7 Å². The maximum absolute atomic E-state index is 12.9. The molecular weight excluding hydrogens is 380 g/mol. The molecule has 3 aromatic rings. The molecule has 1 aliphatic rings. The molecule has 1 saturated heterocycles. The molecule has 1 unspecified atom stereocenters. The molecule has 1 aliphatic heterocycles. The van der Waals surface area contributed by atoms with Crippen LogP contribution in [-0.2, 0) is 16.1 Å². The summed E-state index contributed by atoms with van der Waals surface area (Å²) in [7, 11) is 0. The fourth-order valence-electron chi connectivity index (χ4n) is 4.22. The number of carbonyl (C=O) groups excluding carboxylic acids is 1. The number of thiophene rings is 1. The van der Waals surface area contributed by atoms with Gasteiger partial charge < -0.3 is 15.0 Å². The van der Waals surface area contributed by atoms with Gasteiger partial charge in [0.05, 0.1) is 10.9 Å². The number of ether oxygens (including phenoxy) is 1. The minimum Gasteiger partial charge on any atom is -0.372 e. The SMILES string of the molecule is C[C@@H](NC(=O)C[NH+](Cc1cccs1)C[C@@H]1CCCO1)c1cccc2ccccc12.